The Morgan fingerprint density at radius 1 is 0.629 bits per heavy atom. The standard InChI is InChI=1S/C31H56NO29P/c32-1-2-53-62(51,52)54-7-12(40)22-18(46)25(19(47)28(56-22)58-23-8(36)3-31(50,30(48)49)61-24(23)11(39)6-35)59-29-26(16(44)15(43)21(57-29)10(38)5-34)60-27-17(45)13(41)14(42)20(55-27)9(37)4-33/h8-29,33-47,50H,1-7,32H2,(H,48,49)(H,51,52)/t8-,9-,10+,11-,12+,13+,14+,15+,16+,17+,18-,19+,20-,21-,22-,23-,24-,25+,26+,27-,28-,29-,31?/m1/s1. The van der Waals surface area contributed by atoms with Crippen molar-refractivity contribution in [2.45, 2.75) is 147 Å². The topological polar surface area (TPSA) is 507 Å². The Morgan fingerprint density at radius 2 is 1.10 bits per heavy atom. The van der Waals surface area contributed by atoms with Gasteiger partial charge in [0.25, 0.3) is 5.79 Å². The van der Waals surface area contributed by atoms with Gasteiger partial charge in [-0.25, -0.2) is 9.36 Å². The molecule has 364 valence electrons. The summed E-state index contributed by atoms with van der Waals surface area (Å²) >= 11 is 0. The van der Waals surface area contributed by atoms with Crippen molar-refractivity contribution >= 4 is 13.8 Å². The lowest BCUT2D eigenvalue weighted by atomic mass is 9.91. The molecule has 0 bridgehead atoms. The van der Waals surface area contributed by atoms with Crippen molar-refractivity contribution in [2.75, 3.05) is 39.6 Å². The van der Waals surface area contributed by atoms with Crippen LogP contribution in [-0.2, 0) is 51.6 Å². The first-order valence-corrected chi connectivity index (χ1v) is 20.3. The Balaban J connectivity index is 1.74. The number of hydrogen-bond donors (Lipinski definition) is 19. The molecule has 0 amide bonds. The molecular formula is C31H56NO29P. The Kier molecular flexibility index (Phi) is 19.2. The van der Waals surface area contributed by atoms with Crippen LogP contribution in [-0.4, -0.2) is 278 Å². The molecule has 20 N–H and O–H groups in total. The van der Waals surface area contributed by atoms with E-state index in [0.717, 1.165) is 0 Å². The lowest BCUT2D eigenvalue weighted by molar-refractivity contribution is -0.402. The van der Waals surface area contributed by atoms with Crippen molar-refractivity contribution in [3.63, 3.8) is 0 Å². The number of phosphoric acid groups is 1. The van der Waals surface area contributed by atoms with E-state index in [1.54, 1.807) is 0 Å². The minimum Gasteiger partial charge on any atom is -0.477 e. The molecule has 31 heteroatoms. The molecule has 0 spiro atoms. The molecule has 4 heterocycles. The van der Waals surface area contributed by atoms with Gasteiger partial charge in [-0.15, -0.1) is 0 Å². The lowest BCUT2D eigenvalue weighted by Gasteiger charge is -2.50. The van der Waals surface area contributed by atoms with Gasteiger partial charge >= 0.3 is 13.8 Å². The number of carboxylic acid groups (broad SMARTS) is 1. The van der Waals surface area contributed by atoms with E-state index in [1.807, 2.05) is 0 Å². The van der Waals surface area contributed by atoms with Crippen LogP contribution in [0.15, 0.2) is 0 Å². The number of ether oxygens (including phenoxy) is 7. The second kappa shape index (κ2) is 22.4. The Bertz CT molecular complexity index is 1460. The molecule has 4 rings (SSSR count). The highest BCUT2D eigenvalue weighted by Crippen LogP contribution is 2.44. The third-order valence-electron chi connectivity index (χ3n) is 10.4. The fraction of sp³-hybridized carbons (Fsp3) is 0.968. The highest BCUT2D eigenvalue weighted by Gasteiger charge is 2.59. The second-order valence-corrected chi connectivity index (χ2v) is 16.2. The van der Waals surface area contributed by atoms with Crippen LogP contribution in [0.25, 0.3) is 0 Å². The summed E-state index contributed by atoms with van der Waals surface area (Å²) in [6.07, 6.45) is -49.4. The molecule has 24 atom stereocenters. The van der Waals surface area contributed by atoms with Gasteiger partial charge in [0.15, 0.2) is 18.9 Å². The smallest absolute Gasteiger partial charge is 0.472 e. The van der Waals surface area contributed by atoms with Gasteiger partial charge in [0.05, 0.1) is 39.1 Å². The molecule has 4 saturated heterocycles. The molecule has 0 radical (unpaired) electrons. The molecule has 0 aromatic rings. The molecule has 0 aromatic carbocycles. The third kappa shape index (κ3) is 11.9. The number of nitrogens with two attached hydrogens (primary N) is 1. The summed E-state index contributed by atoms with van der Waals surface area (Å²) in [5, 5.41) is 179. The number of aliphatic hydroxyl groups is 16. The van der Waals surface area contributed by atoms with Crippen LogP contribution < -0.4 is 5.73 Å². The van der Waals surface area contributed by atoms with Crippen LogP contribution >= 0.6 is 7.82 Å². The largest absolute Gasteiger partial charge is 0.477 e. The molecule has 4 aliphatic rings. The predicted molar refractivity (Wildman–Crippen MR) is 187 cm³/mol. The van der Waals surface area contributed by atoms with Crippen molar-refractivity contribution < 1.29 is 143 Å². The first-order valence-electron chi connectivity index (χ1n) is 18.8. The fourth-order valence-corrected chi connectivity index (χ4v) is 7.75. The highest BCUT2D eigenvalue weighted by molar-refractivity contribution is 7.47. The Hall–Kier alpha value is -1.38. The Labute approximate surface area is 349 Å². The molecule has 0 saturated carbocycles. The maximum absolute atomic E-state index is 12.3. The average Bonchev–Trinajstić information content (AvgIpc) is 3.23. The van der Waals surface area contributed by atoms with Crippen molar-refractivity contribution in [2.24, 2.45) is 5.73 Å². The van der Waals surface area contributed by atoms with Crippen LogP contribution in [0.5, 0.6) is 0 Å². The van der Waals surface area contributed by atoms with Gasteiger partial charge < -0.3 is 131 Å². The van der Waals surface area contributed by atoms with Crippen molar-refractivity contribution in [3.8, 4) is 0 Å². The van der Waals surface area contributed by atoms with E-state index in [9.17, 15) is 101 Å². The van der Waals surface area contributed by atoms with Crippen molar-refractivity contribution in [1.29, 1.82) is 0 Å². The summed E-state index contributed by atoms with van der Waals surface area (Å²) in [6.45, 7) is -5.38. The maximum atomic E-state index is 12.3. The van der Waals surface area contributed by atoms with Crippen molar-refractivity contribution in [1.82, 2.24) is 0 Å². The summed E-state index contributed by atoms with van der Waals surface area (Å²) in [7, 11) is -4.96. The van der Waals surface area contributed by atoms with E-state index >= 15 is 0 Å². The molecule has 4 aliphatic heterocycles. The minimum atomic E-state index is -4.96. The van der Waals surface area contributed by atoms with E-state index in [0.29, 0.717) is 0 Å². The van der Waals surface area contributed by atoms with Crippen LogP contribution in [0.2, 0.25) is 0 Å². The normalized spacial score (nSPS) is 44.8. The second-order valence-electron chi connectivity index (χ2n) is 14.8. The quantitative estimate of drug-likeness (QED) is 0.0504. The van der Waals surface area contributed by atoms with Gasteiger partial charge in [0, 0.05) is 13.0 Å². The number of phosphoric ester groups is 1. The Morgan fingerprint density at radius 3 is 1.63 bits per heavy atom. The van der Waals surface area contributed by atoms with Gasteiger partial charge in [-0.1, -0.05) is 0 Å². The number of aliphatic carboxylic acids is 1. The molecule has 62 heavy (non-hydrogen) atoms. The summed E-state index contributed by atoms with van der Waals surface area (Å²) < 4.78 is 60.3. The molecule has 4 fully saturated rings. The zero-order valence-electron chi connectivity index (χ0n) is 32.2. The fourth-order valence-electron chi connectivity index (χ4n) is 7.00. The van der Waals surface area contributed by atoms with E-state index in [-0.39, 0.29) is 6.54 Å². The summed E-state index contributed by atoms with van der Waals surface area (Å²) in [5.74, 6) is -5.23. The zero-order valence-corrected chi connectivity index (χ0v) is 33.1. The number of hydrogen-bond acceptors (Lipinski definition) is 28. The SMILES string of the molecule is NCCOP(=O)(O)OC[C@H](O)[C@H]1O[C@H](O[C@H]2[C@@H]([C@H](O)CO)OC(O)(C(=O)O)C[C@H]2O)[C@@H](O)[C@@H](O[C@H]2O[C@H]([C@@H](O)CO)[C@@H](O)[C@H](O)[C@@H]2O[C@H]2O[C@H]([C@H](O)CO)[C@@H](O)[C@H](O)[C@@H]2O)[C@@H]1O. The lowest BCUT2D eigenvalue weighted by Crippen LogP contribution is -2.69. The molecule has 30 nitrogen and oxygen atoms in total. The highest BCUT2D eigenvalue weighted by atomic mass is 31.2. The molecule has 2 unspecified atom stereocenters. The van der Waals surface area contributed by atoms with E-state index in [4.69, 9.17) is 43.4 Å². The summed E-state index contributed by atoms with van der Waals surface area (Å²) in [6, 6.07) is 0. The molecule has 0 aliphatic carbocycles. The van der Waals surface area contributed by atoms with Gasteiger partial charge in [0.1, 0.15) is 110 Å². The third-order valence-corrected chi connectivity index (χ3v) is 11.3. The van der Waals surface area contributed by atoms with Gasteiger partial charge in [-0.2, -0.15) is 0 Å². The average molecular weight is 938 g/mol. The predicted octanol–water partition coefficient (Wildman–Crippen LogP) is -11.7. The van der Waals surface area contributed by atoms with E-state index in [1.165, 1.54) is 0 Å². The van der Waals surface area contributed by atoms with Crippen LogP contribution in [0, 0.1) is 0 Å². The number of carbonyl (C=O) groups is 1. The molecular weight excluding hydrogens is 881 g/mol. The monoisotopic (exact) mass is 937 g/mol. The first-order chi connectivity index (χ1) is 29.0. The van der Waals surface area contributed by atoms with E-state index in [2.05, 4.69) is 4.52 Å². The zero-order chi connectivity index (χ0) is 46.6. The van der Waals surface area contributed by atoms with Crippen LogP contribution in [0.1, 0.15) is 6.42 Å². The van der Waals surface area contributed by atoms with E-state index < -0.39 is 194 Å². The van der Waals surface area contributed by atoms with Crippen molar-refractivity contribution in [3.05, 3.63) is 0 Å². The van der Waals surface area contributed by atoms with Crippen LogP contribution in [0.4, 0.5) is 0 Å². The summed E-state index contributed by atoms with van der Waals surface area (Å²) in [5.41, 5.74) is 5.25. The maximum Gasteiger partial charge on any atom is 0.472 e. The number of rotatable bonds is 20. The summed E-state index contributed by atoms with van der Waals surface area (Å²) in [4.78, 5) is 21.7. The number of aliphatic hydroxyl groups excluding tert-OH is 15. The first kappa shape index (κ1) is 53.2. The van der Waals surface area contributed by atoms with Gasteiger partial charge in [-0.3, -0.25) is 9.05 Å². The van der Waals surface area contributed by atoms with Gasteiger partial charge in [-0.05, 0) is 0 Å². The van der Waals surface area contributed by atoms with Gasteiger partial charge in [0.2, 0.25) is 0 Å². The molecule has 0 aromatic heterocycles. The minimum absolute atomic E-state index is 0.251. The van der Waals surface area contributed by atoms with Crippen LogP contribution in [0.3, 0.4) is 0 Å². The number of carboxylic acids is 1.